The van der Waals surface area contributed by atoms with Crippen LogP contribution in [0.25, 0.3) is 10.6 Å². The average Bonchev–Trinajstić information content (AvgIpc) is 3.30. The standard InChI is InChI=1S/C21H20FN3O5S2/c1-29-17-7-6-14(12-19(17)32(27,28)25-8-10-30-11-9-25)24-20(26)18-13-23-21(31-18)15-4-2-3-5-16(15)22/h2-7,12-13H,8-11H2,1H3,(H,24,26). The van der Waals surface area contributed by atoms with Gasteiger partial charge in [-0.1, -0.05) is 12.1 Å². The number of ether oxygens (including phenoxy) is 2. The van der Waals surface area contributed by atoms with E-state index in [0.717, 1.165) is 11.3 Å². The minimum atomic E-state index is -3.84. The van der Waals surface area contributed by atoms with Crippen LogP contribution in [0.5, 0.6) is 5.75 Å². The summed E-state index contributed by atoms with van der Waals surface area (Å²) in [7, 11) is -2.46. The van der Waals surface area contributed by atoms with Crippen molar-refractivity contribution >= 4 is 33.0 Å². The fourth-order valence-electron chi connectivity index (χ4n) is 3.21. The van der Waals surface area contributed by atoms with E-state index in [1.54, 1.807) is 24.3 Å². The zero-order valence-electron chi connectivity index (χ0n) is 17.1. The minimum Gasteiger partial charge on any atom is -0.495 e. The number of hydrogen-bond donors (Lipinski definition) is 1. The number of anilines is 1. The summed E-state index contributed by atoms with van der Waals surface area (Å²) in [5, 5.41) is 3.05. The van der Waals surface area contributed by atoms with Gasteiger partial charge in [0.2, 0.25) is 10.0 Å². The van der Waals surface area contributed by atoms with E-state index in [2.05, 4.69) is 10.3 Å². The Balaban J connectivity index is 1.58. The number of morpholine rings is 1. The molecule has 4 rings (SSSR count). The highest BCUT2D eigenvalue weighted by atomic mass is 32.2. The van der Waals surface area contributed by atoms with E-state index in [9.17, 15) is 17.6 Å². The van der Waals surface area contributed by atoms with Crippen molar-refractivity contribution in [1.82, 2.24) is 9.29 Å². The third kappa shape index (κ3) is 4.51. The first-order valence-corrected chi connectivity index (χ1v) is 11.9. The Kier molecular flexibility index (Phi) is 6.51. The van der Waals surface area contributed by atoms with Crippen molar-refractivity contribution in [3.05, 3.63) is 59.4 Å². The summed E-state index contributed by atoms with van der Waals surface area (Å²) in [6.45, 7) is 1.10. The number of carbonyl (C=O) groups is 1. The van der Waals surface area contributed by atoms with Crippen LogP contribution in [0, 0.1) is 5.82 Å². The second kappa shape index (κ2) is 9.33. The van der Waals surface area contributed by atoms with Crippen molar-refractivity contribution in [3.63, 3.8) is 0 Å². The van der Waals surface area contributed by atoms with E-state index in [4.69, 9.17) is 9.47 Å². The predicted octanol–water partition coefficient (Wildman–Crippen LogP) is 3.23. The largest absolute Gasteiger partial charge is 0.495 e. The van der Waals surface area contributed by atoms with E-state index in [0.29, 0.717) is 23.8 Å². The normalized spacial score (nSPS) is 14.8. The van der Waals surface area contributed by atoms with Gasteiger partial charge >= 0.3 is 0 Å². The molecule has 2 aromatic carbocycles. The van der Waals surface area contributed by atoms with E-state index >= 15 is 0 Å². The number of aromatic nitrogens is 1. The van der Waals surface area contributed by atoms with Gasteiger partial charge < -0.3 is 14.8 Å². The lowest BCUT2D eigenvalue weighted by molar-refractivity contribution is 0.0729. The van der Waals surface area contributed by atoms with Gasteiger partial charge in [-0.25, -0.2) is 17.8 Å². The molecule has 0 unspecified atom stereocenters. The third-order valence-corrected chi connectivity index (χ3v) is 7.79. The van der Waals surface area contributed by atoms with Crippen LogP contribution >= 0.6 is 11.3 Å². The molecule has 1 aromatic heterocycles. The van der Waals surface area contributed by atoms with E-state index in [-0.39, 0.29) is 34.3 Å². The molecule has 1 N–H and O–H groups in total. The summed E-state index contributed by atoms with van der Waals surface area (Å²) < 4.78 is 52.0. The van der Waals surface area contributed by atoms with Gasteiger partial charge in [0.1, 0.15) is 26.3 Å². The molecule has 1 aliphatic heterocycles. The molecule has 1 amide bonds. The molecule has 1 aliphatic rings. The average molecular weight is 478 g/mol. The van der Waals surface area contributed by atoms with Crippen molar-refractivity contribution in [2.45, 2.75) is 4.90 Å². The number of sulfonamides is 1. The highest BCUT2D eigenvalue weighted by Gasteiger charge is 2.29. The van der Waals surface area contributed by atoms with Crippen LogP contribution in [0.3, 0.4) is 0 Å². The Morgan fingerprint density at radius 2 is 1.97 bits per heavy atom. The molecule has 11 heteroatoms. The summed E-state index contributed by atoms with van der Waals surface area (Å²) in [5.41, 5.74) is 0.586. The van der Waals surface area contributed by atoms with Crippen LogP contribution in [-0.2, 0) is 14.8 Å². The van der Waals surface area contributed by atoms with Crippen LogP contribution in [0.2, 0.25) is 0 Å². The number of nitrogens with zero attached hydrogens (tertiary/aromatic N) is 2. The van der Waals surface area contributed by atoms with Crippen LogP contribution in [0.1, 0.15) is 9.67 Å². The molecule has 1 saturated heterocycles. The number of halogens is 1. The summed E-state index contributed by atoms with van der Waals surface area (Å²) in [5.74, 6) is -0.735. The molecule has 3 aromatic rings. The Bertz CT molecular complexity index is 1240. The van der Waals surface area contributed by atoms with Crippen molar-refractivity contribution in [2.75, 3.05) is 38.7 Å². The number of benzene rings is 2. The van der Waals surface area contributed by atoms with Crippen molar-refractivity contribution < 1.29 is 27.1 Å². The molecular formula is C21H20FN3O5S2. The Hall–Kier alpha value is -2.86. The number of rotatable bonds is 6. The molecule has 168 valence electrons. The maximum atomic E-state index is 14.0. The Morgan fingerprint density at radius 1 is 1.22 bits per heavy atom. The molecule has 1 fully saturated rings. The highest BCUT2D eigenvalue weighted by molar-refractivity contribution is 7.89. The molecule has 2 heterocycles. The Morgan fingerprint density at radius 3 is 2.69 bits per heavy atom. The number of nitrogens with one attached hydrogen (secondary N) is 1. The summed E-state index contributed by atoms with van der Waals surface area (Å²) in [4.78, 5) is 17.1. The first-order chi connectivity index (χ1) is 15.4. The second-order valence-corrected chi connectivity index (χ2v) is 9.78. The van der Waals surface area contributed by atoms with Gasteiger partial charge in [-0.15, -0.1) is 11.3 Å². The maximum Gasteiger partial charge on any atom is 0.267 e. The predicted molar refractivity (Wildman–Crippen MR) is 118 cm³/mol. The van der Waals surface area contributed by atoms with Gasteiger partial charge in [0.05, 0.1) is 26.5 Å². The van der Waals surface area contributed by atoms with Crippen molar-refractivity contribution in [2.24, 2.45) is 0 Å². The van der Waals surface area contributed by atoms with Gasteiger partial charge in [-0.3, -0.25) is 4.79 Å². The van der Waals surface area contributed by atoms with Crippen molar-refractivity contribution in [1.29, 1.82) is 0 Å². The van der Waals surface area contributed by atoms with Crippen LogP contribution in [-0.4, -0.2) is 57.0 Å². The monoisotopic (exact) mass is 477 g/mol. The highest BCUT2D eigenvalue weighted by Crippen LogP contribution is 2.31. The molecule has 0 spiro atoms. The quantitative estimate of drug-likeness (QED) is 0.586. The maximum absolute atomic E-state index is 14.0. The lowest BCUT2D eigenvalue weighted by atomic mass is 10.2. The lowest BCUT2D eigenvalue weighted by Crippen LogP contribution is -2.40. The first kappa shape index (κ1) is 22.3. The van der Waals surface area contributed by atoms with Crippen LogP contribution in [0.4, 0.5) is 10.1 Å². The van der Waals surface area contributed by atoms with Gasteiger partial charge in [0.15, 0.2) is 0 Å². The molecule has 0 aliphatic carbocycles. The molecule has 8 nitrogen and oxygen atoms in total. The summed E-state index contributed by atoms with van der Waals surface area (Å²) in [6.07, 6.45) is 1.36. The fraction of sp³-hybridized carbons (Fsp3) is 0.238. The van der Waals surface area contributed by atoms with Gasteiger partial charge in [0, 0.05) is 24.3 Å². The smallest absolute Gasteiger partial charge is 0.267 e. The SMILES string of the molecule is COc1ccc(NC(=O)c2cnc(-c3ccccc3F)s2)cc1S(=O)(=O)N1CCOCC1. The zero-order chi connectivity index (χ0) is 22.7. The fourth-order valence-corrected chi connectivity index (χ4v) is 5.64. The summed E-state index contributed by atoms with van der Waals surface area (Å²) >= 11 is 1.04. The number of thiazole rings is 1. The summed E-state index contributed by atoms with van der Waals surface area (Å²) in [6, 6.07) is 10.6. The molecule has 0 atom stereocenters. The number of amides is 1. The molecular weight excluding hydrogens is 457 g/mol. The molecule has 32 heavy (non-hydrogen) atoms. The van der Waals surface area contributed by atoms with Crippen LogP contribution < -0.4 is 10.1 Å². The second-order valence-electron chi connectivity index (χ2n) is 6.85. The number of hydrogen-bond acceptors (Lipinski definition) is 7. The topological polar surface area (TPSA) is 97.8 Å². The molecule has 0 saturated carbocycles. The van der Waals surface area contributed by atoms with E-state index in [1.165, 1.54) is 35.8 Å². The van der Waals surface area contributed by atoms with E-state index in [1.807, 2.05) is 0 Å². The molecule has 0 radical (unpaired) electrons. The van der Waals surface area contributed by atoms with Gasteiger partial charge in [-0.2, -0.15) is 4.31 Å². The van der Waals surface area contributed by atoms with Gasteiger partial charge in [-0.05, 0) is 30.3 Å². The lowest BCUT2D eigenvalue weighted by Gasteiger charge is -2.26. The van der Waals surface area contributed by atoms with Crippen LogP contribution in [0.15, 0.2) is 53.6 Å². The first-order valence-electron chi connectivity index (χ1n) is 9.68. The Labute approximate surface area is 188 Å². The van der Waals surface area contributed by atoms with Gasteiger partial charge in [0.25, 0.3) is 5.91 Å². The minimum absolute atomic E-state index is 0.0453. The molecule has 0 bridgehead atoms. The van der Waals surface area contributed by atoms with E-state index < -0.39 is 21.7 Å². The zero-order valence-corrected chi connectivity index (χ0v) is 18.7. The third-order valence-electron chi connectivity index (χ3n) is 4.84. The number of methoxy groups -OCH3 is 1. The van der Waals surface area contributed by atoms with Crippen molar-refractivity contribution in [3.8, 4) is 16.3 Å². The number of carbonyl (C=O) groups excluding carboxylic acids is 1.